The second-order valence-electron chi connectivity index (χ2n) is 5.57. The Morgan fingerprint density at radius 2 is 2.08 bits per heavy atom. The van der Waals surface area contributed by atoms with Crippen LogP contribution in [-0.2, 0) is 4.79 Å². The lowest BCUT2D eigenvalue weighted by Crippen LogP contribution is -2.17. The van der Waals surface area contributed by atoms with Crippen molar-refractivity contribution in [3.8, 4) is 5.75 Å². The number of nitro benzene ring substituents is 1. The van der Waals surface area contributed by atoms with Crippen molar-refractivity contribution in [2.24, 2.45) is 10.9 Å². The molecule has 2 N–H and O–H groups in total. The Bertz CT molecular complexity index is 850. The minimum atomic E-state index is -0.667. The minimum absolute atomic E-state index is 0.110. The van der Waals surface area contributed by atoms with Gasteiger partial charge in [0.1, 0.15) is 0 Å². The number of nitrogens with one attached hydrogen (secondary N) is 1. The standard InChI is InChI=1S/C17H16BrN3O4/c1-10(2)17(23)20-14-5-3-4-13(8-14)19-9-11-6-12(18)7-15(16(11)22)21(24)25/h3-10,22H,1-2H3,(H,20,23). The summed E-state index contributed by atoms with van der Waals surface area (Å²) in [4.78, 5) is 26.2. The highest BCUT2D eigenvalue weighted by molar-refractivity contribution is 9.10. The van der Waals surface area contributed by atoms with E-state index in [1.54, 1.807) is 38.1 Å². The minimum Gasteiger partial charge on any atom is -0.502 e. The molecule has 2 aromatic rings. The van der Waals surface area contributed by atoms with E-state index in [2.05, 4.69) is 26.2 Å². The Balaban J connectivity index is 2.28. The molecule has 0 aliphatic heterocycles. The zero-order valence-corrected chi connectivity index (χ0v) is 15.1. The molecule has 0 radical (unpaired) electrons. The summed E-state index contributed by atoms with van der Waals surface area (Å²) < 4.78 is 0.455. The number of carbonyl (C=O) groups excluding carboxylic acids is 1. The second kappa shape index (κ2) is 7.89. The van der Waals surface area contributed by atoms with Crippen LogP contribution in [0, 0.1) is 16.0 Å². The SMILES string of the molecule is CC(C)C(=O)Nc1cccc(N=Cc2cc(Br)cc([N+](=O)[O-])c2O)c1. The second-order valence-corrected chi connectivity index (χ2v) is 6.49. The van der Waals surface area contributed by atoms with Gasteiger partial charge >= 0.3 is 5.69 Å². The predicted octanol–water partition coefficient (Wildman–Crippen LogP) is 4.41. The van der Waals surface area contributed by atoms with E-state index < -0.39 is 16.4 Å². The van der Waals surface area contributed by atoms with Gasteiger partial charge in [-0.2, -0.15) is 0 Å². The van der Waals surface area contributed by atoms with Crippen LogP contribution < -0.4 is 5.32 Å². The topological polar surface area (TPSA) is 105 Å². The van der Waals surface area contributed by atoms with Gasteiger partial charge in [-0.25, -0.2) is 0 Å². The molecule has 0 aliphatic rings. The first-order chi connectivity index (χ1) is 11.8. The molecule has 7 nitrogen and oxygen atoms in total. The van der Waals surface area contributed by atoms with Crippen molar-refractivity contribution in [1.29, 1.82) is 0 Å². The van der Waals surface area contributed by atoms with Gasteiger partial charge in [0.05, 0.1) is 10.6 Å². The first-order valence-corrected chi connectivity index (χ1v) is 8.19. The fourth-order valence-corrected chi connectivity index (χ4v) is 2.40. The van der Waals surface area contributed by atoms with Crippen LogP contribution in [0.4, 0.5) is 17.1 Å². The zero-order chi connectivity index (χ0) is 18.6. The third-order valence-corrected chi connectivity index (χ3v) is 3.73. The lowest BCUT2D eigenvalue weighted by molar-refractivity contribution is -0.385. The number of aromatic hydroxyl groups is 1. The first-order valence-electron chi connectivity index (χ1n) is 7.40. The molecule has 0 aliphatic carbocycles. The van der Waals surface area contributed by atoms with Crippen LogP contribution in [0.15, 0.2) is 45.9 Å². The van der Waals surface area contributed by atoms with Crippen molar-refractivity contribution < 1.29 is 14.8 Å². The molecule has 1 amide bonds. The van der Waals surface area contributed by atoms with Crippen LogP contribution in [0.3, 0.4) is 0 Å². The van der Waals surface area contributed by atoms with Crippen LogP contribution in [0.25, 0.3) is 0 Å². The molecule has 8 heteroatoms. The summed E-state index contributed by atoms with van der Waals surface area (Å²) in [7, 11) is 0. The van der Waals surface area contributed by atoms with Crippen molar-refractivity contribution in [3.63, 3.8) is 0 Å². The highest BCUT2D eigenvalue weighted by Crippen LogP contribution is 2.32. The molecule has 0 bridgehead atoms. The molecule has 130 valence electrons. The molecule has 25 heavy (non-hydrogen) atoms. The van der Waals surface area contributed by atoms with Gasteiger partial charge in [-0.05, 0) is 24.3 Å². The van der Waals surface area contributed by atoms with Crippen molar-refractivity contribution in [2.45, 2.75) is 13.8 Å². The quantitative estimate of drug-likeness (QED) is 0.436. The number of amides is 1. The van der Waals surface area contributed by atoms with E-state index in [0.717, 1.165) is 0 Å². The molecule has 0 aromatic heterocycles. The average Bonchev–Trinajstić information content (AvgIpc) is 2.55. The Morgan fingerprint density at radius 1 is 1.36 bits per heavy atom. The fourth-order valence-electron chi connectivity index (χ4n) is 1.94. The van der Waals surface area contributed by atoms with Crippen LogP contribution >= 0.6 is 15.9 Å². The third-order valence-electron chi connectivity index (χ3n) is 3.27. The van der Waals surface area contributed by atoms with E-state index in [9.17, 15) is 20.0 Å². The Kier molecular flexibility index (Phi) is 5.87. The molecule has 0 atom stereocenters. The van der Waals surface area contributed by atoms with E-state index in [-0.39, 0.29) is 17.4 Å². The van der Waals surface area contributed by atoms with Crippen LogP contribution in [-0.4, -0.2) is 22.2 Å². The number of phenols is 1. The van der Waals surface area contributed by atoms with E-state index in [0.29, 0.717) is 15.8 Å². The van der Waals surface area contributed by atoms with E-state index in [1.807, 2.05) is 0 Å². The number of rotatable bonds is 5. The number of halogens is 1. The lowest BCUT2D eigenvalue weighted by Gasteiger charge is -2.08. The molecular formula is C17H16BrN3O4. The number of aliphatic imine (C=N–C) groups is 1. The summed E-state index contributed by atoms with van der Waals surface area (Å²) in [5.74, 6) is -0.714. The zero-order valence-electron chi connectivity index (χ0n) is 13.6. The average molecular weight is 406 g/mol. The number of carbonyl (C=O) groups is 1. The van der Waals surface area contributed by atoms with Gasteiger partial charge in [0.25, 0.3) is 0 Å². The molecule has 2 rings (SSSR count). The fraction of sp³-hybridized carbons (Fsp3) is 0.176. The molecule has 0 saturated carbocycles. The number of anilines is 1. The van der Waals surface area contributed by atoms with E-state index >= 15 is 0 Å². The smallest absolute Gasteiger partial charge is 0.312 e. The van der Waals surface area contributed by atoms with Crippen molar-refractivity contribution >= 4 is 45.1 Å². The maximum absolute atomic E-state index is 11.7. The molecule has 0 unspecified atom stereocenters. The van der Waals surface area contributed by atoms with Crippen molar-refractivity contribution in [3.05, 3.63) is 56.5 Å². The van der Waals surface area contributed by atoms with Crippen LogP contribution in [0.1, 0.15) is 19.4 Å². The van der Waals surface area contributed by atoms with Crippen LogP contribution in [0.2, 0.25) is 0 Å². The van der Waals surface area contributed by atoms with Crippen molar-refractivity contribution in [1.82, 2.24) is 0 Å². The predicted molar refractivity (Wildman–Crippen MR) is 99.6 cm³/mol. The first kappa shape index (κ1) is 18.6. The van der Waals surface area contributed by atoms with Gasteiger partial charge in [-0.1, -0.05) is 35.8 Å². The summed E-state index contributed by atoms with van der Waals surface area (Å²) >= 11 is 3.17. The third kappa shape index (κ3) is 4.87. The molecule has 0 heterocycles. The molecule has 0 fully saturated rings. The number of hydrogen-bond acceptors (Lipinski definition) is 5. The van der Waals surface area contributed by atoms with Crippen LogP contribution in [0.5, 0.6) is 5.75 Å². The number of nitrogens with zero attached hydrogens (tertiary/aromatic N) is 2. The summed E-state index contributed by atoms with van der Waals surface area (Å²) in [6, 6.07) is 9.59. The van der Waals surface area contributed by atoms with E-state index in [4.69, 9.17) is 0 Å². The highest BCUT2D eigenvalue weighted by Gasteiger charge is 2.17. The van der Waals surface area contributed by atoms with Gasteiger partial charge in [0.2, 0.25) is 11.7 Å². The highest BCUT2D eigenvalue weighted by atomic mass is 79.9. The maximum Gasteiger partial charge on any atom is 0.312 e. The van der Waals surface area contributed by atoms with Gasteiger partial charge < -0.3 is 10.4 Å². The molecule has 2 aromatic carbocycles. The molecule has 0 spiro atoms. The maximum atomic E-state index is 11.7. The Hall–Kier alpha value is -2.74. The van der Waals surface area contributed by atoms with Gasteiger partial charge in [-0.3, -0.25) is 19.9 Å². The Morgan fingerprint density at radius 3 is 2.72 bits per heavy atom. The largest absolute Gasteiger partial charge is 0.502 e. The van der Waals surface area contributed by atoms with Gasteiger partial charge in [0.15, 0.2) is 0 Å². The summed E-state index contributed by atoms with van der Waals surface area (Å²) in [6.45, 7) is 3.58. The van der Waals surface area contributed by atoms with Gasteiger partial charge in [-0.15, -0.1) is 0 Å². The van der Waals surface area contributed by atoms with Crippen molar-refractivity contribution in [2.75, 3.05) is 5.32 Å². The summed E-state index contributed by atoms with van der Waals surface area (Å²) in [6.07, 6.45) is 1.33. The normalized spacial score (nSPS) is 11.0. The summed E-state index contributed by atoms with van der Waals surface area (Å²) in [5.41, 5.74) is 0.924. The number of hydrogen-bond donors (Lipinski definition) is 2. The number of nitro groups is 1. The number of phenolic OH excluding ortho intramolecular Hbond substituents is 1. The molecule has 0 saturated heterocycles. The Labute approximate surface area is 152 Å². The lowest BCUT2D eigenvalue weighted by atomic mass is 10.2. The van der Waals surface area contributed by atoms with Gasteiger partial charge in [0, 0.05) is 33.9 Å². The summed E-state index contributed by atoms with van der Waals surface area (Å²) in [5, 5.41) is 23.7. The van der Waals surface area contributed by atoms with E-state index in [1.165, 1.54) is 18.3 Å². The monoisotopic (exact) mass is 405 g/mol. The number of benzene rings is 2. The molecular weight excluding hydrogens is 390 g/mol.